The molecule has 2 aromatic rings. The maximum absolute atomic E-state index is 11.6. The lowest BCUT2D eigenvalue weighted by Gasteiger charge is -2.19. The minimum Gasteiger partial charge on any atom is -0.444 e. The number of amides is 1. The summed E-state index contributed by atoms with van der Waals surface area (Å²) in [5.41, 5.74) is 1.10. The van der Waals surface area contributed by atoms with Crippen molar-refractivity contribution in [3.05, 3.63) is 35.4 Å². The smallest absolute Gasteiger partial charge is 0.407 e. The molecule has 0 atom stereocenters. The van der Waals surface area contributed by atoms with Crippen molar-refractivity contribution in [1.29, 1.82) is 0 Å². The molecule has 0 bridgehead atoms. The Morgan fingerprint density at radius 2 is 2.26 bits per heavy atom. The molecule has 19 heavy (non-hydrogen) atoms. The number of hydrogen-bond donors (Lipinski definition) is 1. The normalized spacial score (nSPS) is 11.6. The Hall–Kier alpha value is -1.75. The van der Waals surface area contributed by atoms with Crippen molar-refractivity contribution in [2.24, 2.45) is 0 Å². The number of carbonyl (C=O) groups excluding carboxylic acids is 1. The zero-order valence-electron chi connectivity index (χ0n) is 11.1. The van der Waals surface area contributed by atoms with Crippen LogP contribution in [0, 0.1) is 0 Å². The van der Waals surface area contributed by atoms with Gasteiger partial charge in [0, 0.05) is 11.2 Å². The zero-order valence-corrected chi connectivity index (χ0v) is 11.9. The van der Waals surface area contributed by atoms with Crippen molar-refractivity contribution in [2.45, 2.75) is 32.9 Å². The summed E-state index contributed by atoms with van der Waals surface area (Å²) < 4.78 is 7.01. The number of hydrogen-bond acceptors (Lipinski definition) is 3. The van der Waals surface area contributed by atoms with Crippen molar-refractivity contribution in [1.82, 2.24) is 14.7 Å². The number of halogens is 1. The predicted molar refractivity (Wildman–Crippen MR) is 73.3 cm³/mol. The Morgan fingerprint density at radius 1 is 1.53 bits per heavy atom. The molecule has 5 nitrogen and oxygen atoms in total. The molecule has 0 aliphatic carbocycles. The maximum Gasteiger partial charge on any atom is 0.407 e. The van der Waals surface area contributed by atoms with Crippen LogP contribution in [0.5, 0.6) is 0 Å². The third kappa shape index (κ3) is 3.61. The molecule has 0 unspecified atom stereocenters. The zero-order chi connectivity index (χ0) is 14.0. The fourth-order valence-electron chi connectivity index (χ4n) is 1.62. The van der Waals surface area contributed by atoms with E-state index in [2.05, 4.69) is 10.3 Å². The number of nitrogens with zero attached hydrogens (tertiary/aromatic N) is 2. The summed E-state index contributed by atoms with van der Waals surface area (Å²) in [6.45, 7) is 5.75. The van der Waals surface area contributed by atoms with Crippen LogP contribution in [0.2, 0.25) is 5.02 Å². The first kappa shape index (κ1) is 13.7. The molecule has 2 aromatic heterocycles. The summed E-state index contributed by atoms with van der Waals surface area (Å²) in [6, 6.07) is 3.59. The third-order valence-electron chi connectivity index (χ3n) is 2.38. The monoisotopic (exact) mass is 281 g/mol. The fourth-order valence-corrected chi connectivity index (χ4v) is 1.78. The molecule has 6 heteroatoms. The SMILES string of the molecule is CC(C)(C)OC(=O)NCc1ncn2ccc(Cl)cc12. The molecule has 0 saturated carbocycles. The van der Waals surface area contributed by atoms with Crippen LogP contribution in [-0.4, -0.2) is 21.1 Å². The molecule has 0 aliphatic heterocycles. The van der Waals surface area contributed by atoms with Crippen LogP contribution in [0.3, 0.4) is 0 Å². The number of aromatic nitrogens is 2. The Kier molecular flexibility index (Phi) is 3.66. The van der Waals surface area contributed by atoms with Crippen LogP contribution >= 0.6 is 11.6 Å². The second kappa shape index (κ2) is 5.09. The number of ether oxygens (including phenoxy) is 1. The second-order valence-corrected chi connectivity index (χ2v) is 5.62. The highest BCUT2D eigenvalue weighted by Crippen LogP contribution is 2.15. The summed E-state index contributed by atoms with van der Waals surface area (Å²) in [7, 11) is 0. The van der Waals surface area contributed by atoms with Gasteiger partial charge in [-0.05, 0) is 32.9 Å². The number of nitrogens with one attached hydrogen (secondary N) is 1. The fraction of sp³-hybridized carbons (Fsp3) is 0.385. The molecule has 0 spiro atoms. The minimum absolute atomic E-state index is 0.297. The van der Waals surface area contributed by atoms with Gasteiger partial charge in [-0.25, -0.2) is 9.78 Å². The number of rotatable bonds is 2. The highest BCUT2D eigenvalue weighted by molar-refractivity contribution is 6.30. The average molecular weight is 282 g/mol. The number of carbonyl (C=O) groups is 1. The van der Waals surface area contributed by atoms with Crippen molar-refractivity contribution < 1.29 is 9.53 Å². The van der Waals surface area contributed by atoms with Gasteiger partial charge >= 0.3 is 6.09 Å². The average Bonchev–Trinajstić information content (AvgIpc) is 2.66. The van der Waals surface area contributed by atoms with E-state index >= 15 is 0 Å². The van der Waals surface area contributed by atoms with Gasteiger partial charge in [0.05, 0.1) is 24.1 Å². The Balaban J connectivity index is 2.06. The van der Waals surface area contributed by atoms with Gasteiger partial charge in [-0.15, -0.1) is 0 Å². The van der Waals surface area contributed by atoms with Gasteiger partial charge in [0.2, 0.25) is 0 Å². The Bertz CT molecular complexity index is 601. The van der Waals surface area contributed by atoms with E-state index in [4.69, 9.17) is 16.3 Å². The minimum atomic E-state index is -0.510. The molecule has 1 N–H and O–H groups in total. The van der Waals surface area contributed by atoms with E-state index in [1.54, 1.807) is 18.5 Å². The van der Waals surface area contributed by atoms with E-state index in [1.165, 1.54) is 0 Å². The summed E-state index contributed by atoms with van der Waals surface area (Å²) in [4.78, 5) is 15.8. The first-order valence-corrected chi connectivity index (χ1v) is 6.31. The predicted octanol–water partition coefficient (Wildman–Crippen LogP) is 3.01. The highest BCUT2D eigenvalue weighted by atomic mass is 35.5. The van der Waals surface area contributed by atoms with Crippen LogP contribution in [0.1, 0.15) is 26.5 Å². The quantitative estimate of drug-likeness (QED) is 0.920. The van der Waals surface area contributed by atoms with Crippen LogP contribution in [-0.2, 0) is 11.3 Å². The van der Waals surface area contributed by atoms with Gasteiger partial charge < -0.3 is 14.5 Å². The highest BCUT2D eigenvalue weighted by Gasteiger charge is 2.16. The first-order chi connectivity index (χ1) is 8.85. The topological polar surface area (TPSA) is 55.6 Å². The van der Waals surface area contributed by atoms with Crippen molar-refractivity contribution in [3.63, 3.8) is 0 Å². The van der Waals surface area contributed by atoms with E-state index in [1.807, 2.05) is 31.4 Å². The molecule has 0 radical (unpaired) electrons. The van der Waals surface area contributed by atoms with Crippen LogP contribution in [0.4, 0.5) is 4.79 Å². The van der Waals surface area contributed by atoms with Crippen LogP contribution in [0.25, 0.3) is 5.52 Å². The van der Waals surface area contributed by atoms with E-state index in [0.29, 0.717) is 11.6 Å². The number of fused-ring (bicyclic) bond motifs is 1. The van der Waals surface area contributed by atoms with Crippen LogP contribution < -0.4 is 5.32 Å². The molecule has 2 rings (SSSR count). The van der Waals surface area contributed by atoms with Gasteiger partial charge in [0.15, 0.2) is 0 Å². The van der Waals surface area contributed by atoms with E-state index in [0.717, 1.165) is 11.2 Å². The number of pyridine rings is 1. The molecule has 0 saturated heterocycles. The van der Waals surface area contributed by atoms with Gasteiger partial charge in [-0.1, -0.05) is 11.6 Å². The Labute approximate surface area is 116 Å². The number of alkyl carbamates (subject to hydrolysis) is 1. The van der Waals surface area contributed by atoms with Crippen molar-refractivity contribution in [3.8, 4) is 0 Å². The second-order valence-electron chi connectivity index (χ2n) is 5.18. The number of imidazole rings is 1. The molecule has 1 amide bonds. The molecule has 0 fully saturated rings. The maximum atomic E-state index is 11.6. The summed E-state index contributed by atoms with van der Waals surface area (Å²) in [6.07, 6.45) is 3.04. The Morgan fingerprint density at radius 3 is 2.95 bits per heavy atom. The van der Waals surface area contributed by atoms with Crippen molar-refractivity contribution in [2.75, 3.05) is 0 Å². The standard InChI is InChI=1S/C13H16ClN3O2/c1-13(2,3)19-12(18)15-7-10-11-6-9(14)4-5-17(11)8-16-10/h4-6,8H,7H2,1-3H3,(H,15,18). The molecule has 2 heterocycles. The molecular formula is C13H16ClN3O2. The lowest BCUT2D eigenvalue weighted by atomic mass is 10.2. The summed E-state index contributed by atoms with van der Waals surface area (Å²) in [5.74, 6) is 0. The largest absolute Gasteiger partial charge is 0.444 e. The molecular weight excluding hydrogens is 266 g/mol. The van der Waals surface area contributed by atoms with E-state index in [9.17, 15) is 4.79 Å². The molecule has 102 valence electrons. The van der Waals surface area contributed by atoms with E-state index in [-0.39, 0.29) is 0 Å². The van der Waals surface area contributed by atoms with Crippen LogP contribution in [0.15, 0.2) is 24.7 Å². The summed E-state index contributed by atoms with van der Waals surface area (Å²) in [5, 5.41) is 3.30. The van der Waals surface area contributed by atoms with Gasteiger partial charge in [0.1, 0.15) is 5.60 Å². The first-order valence-electron chi connectivity index (χ1n) is 5.93. The lowest BCUT2D eigenvalue weighted by Crippen LogP contribution is -2.32. The van der Waals surface area contributed by atoms with Gasteiger partial charge in [0.25, 0.3) is 0 Å². The third-order valence-corrected chi connectivity index (χ3v) is 2.61. The lowest BCUT2D eigenvalue weighted by molar-refractivity contribution is 0.0523. The molecule has 0 aliphatic rings. The molecule has 0 aromatic carbocycles. The van der Waals surface area contributed by atoms with Gasteiger partial charge in [-0.3, -0.25) is 0 Å². The van der Waals surface area contributed by atoms with Gasteiger partial charge in [-0.2, -0.15) is 0 Å². The summed E-state index contributed by atoms with van der Waals surface area (Å²) >= 11 is 5.94. The van der Waals surface area contributed by atoms with E-state index < -0.39 is 11.7 Å². The van der Waals surface area contributed by atoms with Crippen molar-refractivity contribution >= 4 is 23.2 Å².